The first-order valence-electron chi connectivity index (χ1n) is 10.0. The Labute approximate surface area is 168 Å². The highest BCUT2D eigenvalue weighted by Crippen LogP contribution is 2.35. The molecule has 4 rings (SSSR count). The summed E-state index contributed by atoms with van der Waals surface area (Å²) in [6, 6.07) is 9.35. The number of pyridine rings is 1. The van der Waals surface area contributed by atoms with E-state index in [9.17, 15) is 14.4 Å². The Morgan fingerprint density at radius 3 is 2.69 bits per heavy atom. The van der Waals surface area contributed by atoms with E-state index in [1.54, 1.807) is 11.5 Å². The first-order valence-corrected chi connectivity index (χ1v) is 10.0. The number of carbonyl (C=O) groups excluding carboxylic acids is 2. The van der Waals surface area contributed by atoms with Crippen LogP contribution in [-0.4, -0.2) is 29.1 Å². The first-order chi connectivity index (χ1) is 14.1. The number of aromatic nitrogens is 1. The molecule has 0 bridgehead atoms. The van der Waals surface area contributed by atoms with Gasteiger partial charge in [-0.25, -0.2) is 4.79 Å². The van der Waals surface area contributed by atoms with E-state index in [2.05, 4.69) is 5.32 Å². The molecule has 0 radical (unpaired) electrons. The molecule has 2 aromatic rings. The summed E-state index contributed by atoms with van der Waals surface area (Å²) in [6.45, 7) is 1.97. The van der Waals surface area contributed by atoms with E-state index >= 15 is 0 Å². The first kappa shape index (κ1) is 19.2. The van der Waals surface area contributed by atoms with Crippen LogP contribution in [0.1, 0.15) is 65.1 Å². The number of fused-ring (bicyclic) bond motifs is 3. The van der Waals surface area contributed by atoms with E-state index in [1.807, 2.05) is 30.3 Å². The lowest BCUT2D eigenvalue weighted by Gasteiger charge is -2.39. The van der Waals surface area contributed by atoms with Gasteiger partial charge < -0.3 is 19.4 Å². The Morgan fingerprint density at radius 1 is 1.17 bits per heavy atom. The molecular weight excluding hydrogens is 372 g/mol. The van der Waals surface area contributed by atoms with Crippen LogP contribution in [0.25, 0.3) is 0 Å². The largest absolute Gasteiger partial charge is 0.483 e. The van der Waals surface area contributed by atoms with Gasteiger partial charge in [0.2, 0.25) is 5.43 Å². The van der Waals surface area contributed by atoms with Crippen molar-refractivity contribution in [2.24, 2.45) is 0 Å². The van der Waals surface area contributed by atoms with E-state index in [4.69, 9.17) is 9.47 Å². The second-order valence-corrected chi connectivity index (χ2v) is 7.38. The van der Waals surface area contributed by atoms with Crippen molar-refractivity contribution in [2.45, 2.75) is 51.3 Å². The van der Waals surface area contributed by atoms with Crippen LogP contribution in [0, 0.1) is 0 Å². The summed E-state index contributed by atoms with van der Waals surface area (Å²) >= 11 is 0. The third-order valence-corrected chi connectivity index (χ3v) is 5.53. The van der Waals surface area contributed by atoms with E-state index in [0.717, 1.165) is 31.2 Å². The van der Waals surface area contributed by atoms with Gasteiger partial charge in [-0.1, -0.05) is 43.2 Å². The zero-order chi connectivity index (χ0) is 20.4. The van der Waals surface area contributed by atoms with Gasteiger partial charge in [-0.2, -0.15) is 0 Å². The number of esters is 1. The SMILES string of the molecule is CCOC(=O)c1cn2c(c(OCc3ccccc3)c1=O)C(=O)N[C@@H]1CCCC[C@H]12. The number of nitrogens with one attached hydrogen (secondary N) is 1. The van der Waals surface area contributed by atoms with Gasteiger partial charge in [-0.15, -0.1) is 0 Å². The molecule has 0 spiro atoms. The smallest absolute Gasteiger partial charge is 0.343 e. The van der Waals surface area contributed by atoms with Crippen molar-refractivity contribution in [2.75, 3.05) is 6.61 Å². The minimum absolute atomic E-state index is 0.00991. The molecule has 2 atom stereocenters. The number of rotatable bonds is 5. The Morgan fingerprint density at radius 2 is 1.93 bits per heavy atom. The molecule has 152 valence electrons. The third kappa shape index (κ3) is 3.64. The van der Waals surface area contributed by atoms with Crippen LogP contribution in [0.15, 0.2) is 41.3 Å². The second-order valence-electron chi connectivity index (χ2n) is 7.38. The summed E-state index contributed by atoms with van der Waals surface area (Å²) in [4.78, 5) is 38.4. The van der Waals surface area contributed by atoms with Crippen LogP contribution >= 0.6 is 0 Å². The summed E-state index contributed by atoms with van der Waals surface area (Å²) in [5.74, 6) is -1.14. The molecule has 1 aromatic heterocycles. The molecule has 1 N–H and O–H groups in total. The highest BCUT2D eigenvalue weighted by Gasteiger charge is 2.38. The van der Waals surface area contributed by atoms with Crippen LogP contribution < -0.4 is 15.5 Å². The molecule has 1 aliphatic heterocycles. The van der Waals surface area contributed by atoms with Gasteiger partial charge in [0.1, 0.15) is 12.2 Å². The standard InChI is InChI=1S/C22H24N2O5/c1-2-28-22(27)15-12-24-17-11-7-6-10-16(17)23-21(26)18(24)20(19(15)25)29-13-14-8-4-3-5-9-14/h3-5,8-9,12,16-17H,2,6-7,10-11,13H2,1H3,(H,23,26)/t16-,17-/m1/s1. The summed E-state index contributed by atoms with van der Waals surface area (Å²) < 4.78 is 12.7. The number of carbonyl (C=O) groups is 2. The summed E-state index contributed by atoms with van der Waals surface area (Å²) in [5.41, 5.74) is 0.328. The Bertz CT molecular complexity index is 983. The average Bonchev–Trinajstić information content (AvgIpc) is 2.73. The van der Waals surface area contributed by atoms with Crippen molar-refractivity contribution in [3.8, 4) is 5.75 Å². The highest BCUT2D eigenvalue weighted by molar-refractivity contribution is 5.98. The summed E-state index contributed by atoms with van der Waals surface area (Å²) in [7, 11) is 0. The Balaban J connectivity index is 1.81. The fourth-order valence-corrected chi connectivity index (χ4v) is 4.16. The fourth-order valence-electron chi connectivity index (χ4n) is 4.16. The highest BCUT2D eigenvalue weighted by atomic mass is 16.5. The number of benzene rings is 1. The van der Waals surface area contributed by atoms with E-state index in [0.29, 0.717) is 0 Å². The maximum absolute atomic E-state index is 13.1. The van der Waals surface area contributed by atoms with Gasteiger partial charge in [-0.3, -0.25) is 9.59 Å². The summed E-state index contributed by atoms with van der Waals surface area (Å²) in [6.07, 6.45) is 5.28. The molecule has 29 heavy (non-hydrogen) atoms. The molecule has 1 aliphatic carbocycles. The van der Waals surface area contributed by atoms with Crippen molar-refractivity contribution in [1.29, 1.82) is 0 Å². The van der Waals surface area contributed by atoms with Gasteiger partial charge >= 0.3 is 5.97 Å². The Hall–Kier alpha value is -3.09. The van der Waals surface area contributed by atoms with Gasteiger partial charge in [0, 0.05) is 12.2 Å². The molecule has 2 heterocycles. The van der Waals surface area contributed by atoms with Crippen molar-refractivity contribution in [3.05, 3.63) is 63.6 Å². The molecule has 0 saturated heterocycles. The average molecular weight is 396 g/mol. The van der Waals surface area contributed by atoms with E-state index in [-0.39, 0.29) is 48.2 Å². The van der Waals surface area contributed by atoms with Gasteiger partial charge in [0.15, 0.2) is 11.4 Å². The lowest BCUT2D eigenvalue weighted by molar-refractivity contribution is 0.0520. The predicted molar refractivity (Wildman–Crippen MR) is 106 cm³/mol. The third-order valence-electron chi connectivity index (χ3n) is 5.53. The number of nitrogens with zero attached hydrogens (tertiary/aromatic N) is 1. The molecule has 7 nitrogen and oxygen atoms in total. The number of ether oxygens (including phenoxy) is 2. The van der Waals surface area contributed by atoms with Crippen molar-refractivity contribution < 1.29 is 19.1 Å². The van der Waals surface area contributed by atoms with E-state index in [1.165, 1.54) is 6.20 Å². The normalized spacial score (nSPS) is 20.2. The number of hydrogen-bond acceptors (Lipinski definition) is 5. The maximum Gasteiger partial charge on any atom is 0.343 e. The minimum atomic E-state index is -0.698. The second kappa shape index (κ2) is 8.11. The van der Waals surface area contributed by atoms with Crippen LogP contribution in [-0.2, 0) is 11.3 Å². The fraction of sp³-hybridized carbons (Fsp3) is 0.409. The maximum atomic E-state index is 13.1. The lowest BCUT2D eigenvalue weighted by atomic mass is 9.87. The van der Waals surface area contributed by atoms with Crippen LogP contribution in [0.4, 0.5) is 0 Å². The minimum Gasteiger partial charge on any atom is -0.483 e. The Kier molecular flexibility index (Phi) is 5.38. The van der Waals surface area contributed by atoms with E-state index < -0.39 is 11.4 Å². The van der Waals surface area contributed by atoms with Gasteiger partial charge in [0.05, 0.1) is 12.6 Å². The van der Waals surface area contributed by atoms with Crippen molar-refractivity contribution in [3.63, 3.8) is 0 Å². The van der Waals surface area contributed by atoms with Crippen LogP contribution in [0.2, 0.25) is 0 Å². The summed E-state index contributed by atoms with van der Waals surface area (Å²) in [5, 5.41) is 3.02. The molecule has 0 unspecified atom stereocenters. The molecule has 1 saturated carbocycles. The zero-order valence-electron chi connectivity index (χ0n) is 16.3. The molecule has 2 aliphatic rings. The lowest BCUT2D eigenvalue weighted by Crippen LogP contribution is -2.50. The predicted octanol–water partition coefficient (Wildman–Crippen LogP) is 2.83. The molecule has 1 aromatic carbocycles. The van der Waals surface area contributed by atoms with Gasteiger partial charge in [0.25, 0.3) is 5.91 Å². The van der Waals surface area contributed by atoms with Crippen molar-refractivity contribution >= 4 is 11.9 Å². The number of amides is 1. The molecular formula is C22H24N2O5. The van der Waals surface area contributed by atoms with Crippen LogP contribution in [0.5, 0.6) is 5.75 Å². The van der Waals surface area contributed by atoms with Gasteiger partial charge in [-0.05, 0) is 25.3 Å². The molecule has 1 fully saturated rings. The van der Waals surface area contributed by atoms with Crippen molar-refractivity contribution in [1.82, 2.24) is 9.88 Å². The van der Waals surface area contributed by atoms with Crippen LogP contribution in [0.3, 0.4) is 0 Å². The number of hydrogen-bond donors (Lipinski definition) is 1. The topological polar surface area (TPSA) is 86.6 Å². The monoisotopic (exact) mass is 396 g/mol. The zero-order valence-corrected chi connectivity index (χ0v) is 16.3. The quantitative estimate of drug-likeness (QED) is 0.786. The molecule has 1 amide bonds. The molecule has 7 heteroatoms.